The SMILES string of the molecule is c1cnc2ccc(-n3cncc3C3CCNCC3)cc2c1. The van der Waals surface area contributed by atoms with Gasteiger partial charge in [-0.15, -0.1) is 0 Å². The van der Waals surface area contributed by atoms with Crippen molar-refractivity contribution in [3.8, 4) is 5.69 Å². The van der Waals surface area contributed by atoms with Crippen LogP contribution in [0, 0.1) is 0 Å². The van der Waals surface area contributed by atoms with Gasteiger partial charge >= 0.3 is 0 Å². The standard InChI is InChI=1S/C17H18N4/c1-2-14-10-15(3-4-16(14)20-7-1)21-12-19-11-17(21)13-5-8-18-9-6-13/h1-4,7,10-13,18H,5-6,8-9H2. The Bertz CT molecular complexity index is 756. The molecule has 21 heavy (non-hydrogen) atoms. The largest absolute Gasteiger partial charge is 0.317 e. The molecule has 3 heterocycles. The molecule has 0 unspecified atom stereocenters. The molecule has 0 saturated carbocycles. The number of fused-ring (bicyclic) bond motifs is 1. The number of pyridine rings is 1. The van der Waals surface area contributed by atoms with Gasteiger partial charge in [-0.3, -0.25) is 4.98 Å². The van der Waals surface area contributed by atoms with Crippen LogP contribution in [-0.4, -0.2) is 27.6 Å². The maximum absolute atomic E-state index is 4.38. The third-order valence-corrected chi connectivity index (χ3v) is 4.29. The number of rotatable bonds is 2. The summed E-state index contributed by atoms with van der Waals surface area (Å²) in [6.07, 6.45) is 8.14. The van der Waals surface area contributed by atoms with Gasteiger partial charge in [0, 0.05) is 35.1 Å². The molecule has 1 fully saturated rings. The molecule has 1 aliphatic rings. The second kappa shape index (κ2) is 5.30. The summed E-state index contributed by atoms with van der Waals surface area (Å²) < 4.78 is 2.22. The van der Waals surface area contributed by atoms with Crippen LogP contribution in [0.4, 0.5) is 0 Å². The molecule has 1 saturated heterocycles. The predicted molar refractivity (Wildman–Crippen MR) is 83.7 cm³/mol. The molecule has 0 aliphatic carbocycles. The zero-order valence-electron chi connectivity index (χ0n) is 11.9. The lowest BCUT2D eigenvalue weighted by Crippen LogP contribution is -2.27. The molecule has 1 N–H and O–H groups in total. The molecular weight excluding hydrogens is 260 g/mol. The molecule has 3 aromatic rings. The number of nitrogens with zero attached hydrogens (tertiary/aromatic N) is 3. The maximum Gasteiger partial charge on any atom is 0.0994 e. The Morgan fingerprint density at radius 2 is 2.05 bits per heavy atom. The number of imidazole rings is 1. The minimum absolute atomic E-state index is 0.596. The van der Waals surface area contributed by atoms with E-state index in [9.17, 15) is 0 Å². The van der Waals surface area contributed by atoms with Crippen molar-refractivity contribution in [3.63, 3.8) is 0 Å². The highest BCUT2D eigenvalue weighted by molar-refractivity contribution is 5.80. The second-order valence-corrected chi connectivity index (χ2v) is 5.59. The lowest BCUT2D eigenvalue weighted by molar-refractivity contribution is 0.449. The van der Waals surface area contributed by atoms with Crippen LogP contribution in [0.2, 0.25) is 0 Å². The third kappa shape index (κ3) is 2.32. The first-order chi connectivity index (χ1) is 10.4. The van der Waals surface area contributed by atoms with Gasteiger partial charge in [0.2, 0.25) is 0 Å². The average Bonchev–Trinajstić information content (AvgIpc) is 3.05. The van der Waals surface area contributed by atoms with Gasteiger partial charge < -0.3 is 9.88 Å². The summed E-state index contributed by atoms with van der Waals surface area (Å²) >= 11 is 0. The van der Waals surface area contributed by atoms with E-state index in [4.69, 9.17) is 0 Å². The van der Waals surface area contributed by atoms with Crippen molar-refractivity contribution in [3.05, 3.63) is 54.7 Å². The van der Waals surface area contributed by atoms with Gasteiger partial charge in [-0.25, -0.2) is 4.98 Å². The van der Waals surface area contributed by atoms with Crippen molar-refractivity contribution >= 4 is 10.9 Å². The highest BCUT2D eigenvalue weighted by Crippen LogP contribution is 2.27. The number of hydrogen-bond donors (Lipinski definition) is 1. The van der Waals surface area contributed by atoms with Crippen LogP contribution in [-0.2, 0) is 0 Å². The summed E-state index contributed by atoms with van der Waals surface area (Å²) in [5.41, 5.74) is 3.52. The summed E-state index contributed by atoms with van der Waals surface area (Å²) in [6, 6.07) is 10.5. The van der Waals surface area contributed by atoms with Crippen molar-refractivity contribution in [2.24, 2.45) is 0 Å². The Labute approximate surface area is 123 Å². The molecule has 106 valence electrons. The molecule has 0 spiro atoms. The highest BCUT2D eigenvalue weighted by atomic mass is 15.1. The first-order valence-electron chi connectivity index (χ1n) is 7.50. The summed E-state index contributed by atoms with van der Waals surface area (Å²) in [4.78, 5) is 8.76. The van der Waals surface area contributed by atoms with Crippen LogP contribution >= 0.6 is 0 Å². The average molecular weight is 278 g/mol. The van der Waals surface area contributed by atoms with Crippen LogP contribution < -0.4 is 5.32 Å². The van der Waals surface area contributed by atoms with Gasteiger partial charge in [0.05, 0.1) is 11.8 Å². The molecule has 4 nitrogen and oxygen atoms in total. The van der Waals surface area contributed by atoms with E-state index in [0.717, 1.165) is 18.6 Å². The summed E-state index contributed by atoms with van der Waals surface area (Å²) in [5, 5.41) is 4.59. The van der Waals surface area contributed by atoms with Crippen molar-refractivity contribution in [2.75, 3.05) is 13.1 Å². The molecule has 2 aromatic heterocycles. The quantitative estimate of drug-likeness (QED) is 0.784. The lowest BCUT2D eigenvalue weighted by Gasteiger charge is -2.23. The smallest absolute Gasteiger partial charge is 0.0994 e. The van der Waals surface area contributed by atoms with Crippen molar-refractivity contribution in [1.82, 2.24) is 19.9 Å². The Morgan fingerprint density at radius 1 is 1.14 bits per heavy atom. The van der Waals surface area contributed by atoms with E-state index in [1.807, 2.05) is 24.8 Å². The molecular formula is C17H18N4. The van der Waals surface area contributed by atoms with Crippen LogP contribution in [0.5, 0.6) is 0 Å². The molecule has 1 aliphatic heterocycles. The first kappa shape index (κ1) is 12.5. The van der Waals surface area contributed by atoms with E-state index < -0.39 is 0 Å². The zero-order valence-corrected chi connectivity index (χ0v) is 11.9. The third-order valence-electron chi connectivity index (χ3n) is 4.29. The minimum atomic E-state index is 0.596. The summed E-state index contributed by atoms with van der Waals surface area (Å²) in [7, 11) is 0. The molecule has 4 heteroatoms. The Balaban J connectivity index is 1.76. The maximum atomic E-state index is 4.38. The van der Waals surface area contributed by atoms with E-state index in [-0.39, 0.29) is 0 Å². The molecule has 1 aromatic carbocycles. The fourth-order valence-corrected chi connectivity index (χ4v) is 3.15. The lowest BCUT2D eigenvalue weighted by atomic mass is 9.95. The van der Waals surface area contributed by atoms with Gasteiger partial charge in [-0.1, -0.05) is 6.07 Å². The minimum Gasteiger partial charge on any atom is -0.317 e. The van der Waals surface area contributed by atoms with Crippen molar-refractivity contribution in [1.29, 1.82) is 0 Å². The van der Waals surface area contributed by atoms with Gasteiger partial charge in [0.15, 0.2) is 0 Å². The van der Waals surface area contributed by atoms with E-state index in [1.54, 1.807) is 0 Å². The summed E-state index contributed by atoms with van der Waals surface area (Å²) in [6.45, 7) is 2.19. The van der Waals surface area contributed by atoms with Gasteiger partial charge in [-0.05, 0) is 50.2 Å². The predicted octanol–water partition coefficient (Wildman–Crippen LogP) is 2.89. The van der Waals surface area contributed by atoms with Gasteiger partial charge in [0.1, 0.15) is 0 Å². The van der Waals surface area contributed by atoms with Gasteiger partial charge in [-0.2, -0.15) is 0 Å². The summed E-state index contributed by atoms with van der Waals surface area (Å²) in [5.74, 6) is 0.596. The fourth-order valence-electron chi connectivity index (χ4n) is 3.15. The molecule has 0 atom stereocenters. The molecule has 0 amide bonds. The number of hydrogen-bond acceptors (Lipinski definition) is 3. The molecule has 0 bridgehead atoms. The van der Waals surface area contributed by atoms with Crippen molar-refractivity contribution < 1.29 is 0 Å². The van der Waals surface area contributed by atoms with E-state index in [1.165, 1.54) is 29.6 Å². The Kier molecular flexibility index (Phi) is 3.16. The Hall–Kier alpha value is -2.20. The monoisotopic (exact) mass is 278 g/mol. The van der Waals surface area contributed by atoms with E-state index >= 15 is 0 Å². The van der Waals surface area contributed by atoms with Crippen LogP contribution in [0.15, 0.2) is 49.1 Å². The molecule has 4 rings (SSSR count). The van der Waals surface area contributed by atoms with Gasteiger partial charge in [0.25, 0.3) is 0 Å². The highest BCUT2D eigenvalue weighted by Gasteiger charge is 2.19. The van der Waals surface area contributed by atoms with Crippen molar-refractivity contribution in [2.45, 2.75) is 18.8 Å². The number of nitrogens with one attached hydrogen (secondary N) is 1. The number of aromatic nitrogens is 3. The number of benzene rings is 1. The normalized spacial score (nSPS) is 16.4. The van der Waals surface area contributed by atoms with Crippen LogP contribution in [0.1, 0.15) is 24.5 Å². The van der Waals surface area contributed by atoms with E-state index in [0.29, 0.717) is 5.92 Å². The fraction of sp³-hybridized carbons (Fsp3) is 0.294. The first-order valence-corrected chi connectivity index (χ1v) is 7.50. The van der Waals surface area contributed by atoms with Crippen LogP contribution in [0.3, 0.4) is 0 Å². The second-order valence-electron chi connectivity index (χ2n) is 5.59. The zero-order chi connectivity index (χ0) is 14.1. The Morgan fingerprint density at radius 3 is 2.95 bits per heavy atom. The topological polar surface area (TPSA) is 42.7 Å². The van der Waals surface area contributed by atoms with E-state index in [2.05, 4.69) is 44.1 Å². The molecule has 0 radical (unpaired) electrons. The number of piperidine rings is 1. The van der Waals surface area contributed by atoms with Crippen LogP contribution in [0.25, 0.3) is 16.6 Å².